The minimum Gasteiger partial charge on any atom is -0.493 e. The van der Waals surface area contributed by atoms with Gasteiger partial charge in [0.15, 0.2) is 23.0 Å². The zero-order valence-corrected chi connectivity index (χ0v) is 17.7. The van der Waals surface area contributed by atoms with E-state index in [1.807, 2.05) is 36.4 Å². The maximum Gasteiger partial charge on any atom is 0.227 e. The predicted octanol–water partition coefficient (Wildman–Crippen LogP) is 4.27. The fraction of sp³-hybridized carbons (Fsp3) is 0.435. The van der Waals surface area contributed by atoms with Gasteiger partial charge >= 0.3 is 0 Å². The predicted molar refractivity (Wildman–Crippen MR) is 113 cm³/mol. The van der Waals surface area contributed by atoms with Crippen molar-refractivity contribution in [3.05, 3.63) is 42.0 Å². The fourth-order valence-corrected chi connectivity index (χ4v) is 3.64. The van der Waals surface area contributed by atoms with Crippen molar-refractivity contribution in [2.24, 2.45) is 5.92 Å². The average molecular weight is 399 g/mol. The third-order valence-corrected chi connectivity index (χ3v) is 5.55. The number of rotatable bonds is 9. The Bertz CT molecular complexity index is 862. The molecule has 1 aliphatic rings. The van der Waals surface area contributed by atoms with Crippen LogP contribution in [0.15, 0.2) is 36.4 Å². The first kappa shape index (κ1) is 20.8. The number of carbonyl (C=O) groups excluding carboxylic acids is 1. The first-order valence-electron chi connectivity index (χ1n) is 9.72. The molecule has 0 saturated heterocycles. The summed E-state index contributed by atoms with van der Waals surface area (Å²) in [4.78, 5) is 14.8. The van der Waals surface area contributed by atoms with E-state index in [-0.39, 0.29) is 11.8 Å². The van der Waals surface area contributed by atoms with Crippen molar-refractivity contribution >= 4 is 11.6 Å². The number of hydrogen-bond acceptors (Lipinski definition) is 5. The van der Waals surface area contributed by atoms with Crippen LogP contribution in [-0.4, -0.2) is 41.4 Å². The highest BCUT2D eigenvalue weighted by atomic mass is 16.5. The molecule has 0 radical (unpaired) electrons. The van der Waals surface area contributed by atoms with Gasteiger partial charge in [-0.15, -0.1) is 0 Å². The molecular formula is C23H29NO5. The van der Waals surface area contributed by atoms with Gasteiger partial charge in [0.1, 0.15) is 0 Å². The number of carbonyl (C=O) groups is 1. The molecule has 0 N–H and O–H groups in total. The van der Waals surface area contributed by atoms with Crippen molar-refractivity contribution in [1.82, 2.24) is 0 Å². The van der Waals surface area contributed by atoms with Crippen LogP contribution in [0.25, 0.3) is 0 Å². The fourth-order valence-electron chi connectivity index (χ4n) is 3.64. The van der Waals surface area contributed by atoms with Crippen molar-refractivity contribution in [3.8, 4) is 23.0 Å². The Kier molecular flexibility index (Phi) is 6.52. The molecule has 1 fully saturated rings. The highest BCUT2D eigenvalue weighted by Gasteiger charge is 2.35. The van der Waals surface area contributed by atoms with Gasteiger partial charge in [-0.1, -0.05) is 6.07 Å². The summed E-state index contributed by atoms with van der Waals surface area (Å²) in [6, 6.07) is 11.4. The molecule has 29 heavy (non-hydrogen) atoms. The van der Waals surface area contributed by atoms with Crippen molar-refractivity contribution in [2.45, 2.75) is 25.2 Å². The Morgan fingerprint density at radius 1 is 0.897 bits per heavy atom. The van der Waals surface area contributed by atoms with Gasteiger partial charge in [-0.05, 0) is 54.5 Å². The van der Waals surface area contributed by atoms with Gasteiger partial charge in [-0.3, -0.25) is 4.79 Å². The molecule has 6 heteroatoms. The first-order chi connectivity index (χ1) is 14.0. The van der Waals surface area contributed by atoms with Gasteiger partial charge in [-0.25, -0.2) is 0 Å². The van der Waals surface area contributed by atoms with E-state index in [2.05, 4.69) is 0 Å². The van der Waals surface area contributed by atoms with Gasteiger partial charge in [0.2, 0.25) is 5.91 Å². The van der Waals surface area contributed by atoms with E-state index in [0.717, 1.165) is 24.1 Å². The number of ether oxygens (including phenoxy) is 4. The van der Waals surface area contributed by atoms with Crippen LogP contribution in [0.3, 0.4) is 0 Å². The van der Waals surface area contributed by atoms with E-state index in [4.69, 9.17) is 18.9 Å². The molecule has 6 nitrogen and oxygen atoms in total. The standard InChI is InChI=1S/C23H29NO5/c1-24(17-9-11-20(27-3)22(13-17)29-5)23(25)14-18(15-6-7-15)16-8-10-19(26-2)21(12-16)28-4/h8-13,15,18H,6-7,14H2,1-5H3. The number of methoxy groups -OCH3 is 4. The van der Waals surface area contributed by atoms with Gasteiger partial charge in [-0.2, -0.15) is 0 Å². The molecule has 0 aliphatic heterocycles. The molecule has 3 rings (SSSR count). The van der Waals surface area contributed by atoms with Crippen molar-refractivity contribution in [3.63, 3.8) is 0 Å². The van der Waals surface area contributed by atoms with E-state index in [9.17, 15) is 4.79 Å². The second kappa shape index (κ2) is 9.07. The van der Waals surface area contributed by atoms with Crippen LogP contribution in [0.4, 0.5) is 5.69 Å². The summed E-state index contributed by atoms with van der Waals surface area (Å²) in [5, 5.41) is 0. The number of anilines is 1. The lowest BCUT2D eigenvalue weighted by molar-refractivity contribution is -0.118. The molecular weight excluding hydrogens is 370 g/mol. The summed E-state index contributed by atoms with van der Waals surface area (Å²) >= 11 is 0. The maximum atomic E-state index is 13.1. The van der Waals surface area contributed by atoms with Crippen molar-refractivity contribution in [1.29, 1.82) is 0 Å². The van der Waals surface area contributed by atoms with Crippen LogP contribution in [0.5, 0.6) is 23.0 Å². The number of benzene rings is 2. The minimum absolute atomic E-state index is 0.0592. The number of nitrogens with zero attached hydrogens (tertiary/aromatic N) is 1. The van der Waals surface area contributed by atoms with Crippen LogP contribution >= 0.6 is 0 Å². The van der Waals surface area contributed by atoms with Gasteiger partial charge in [0.05, 0.1) is 28.4 Å². The Labute approximate surface area is 172 Å². The number of amides is 1. The van der Waals surface area contributed by atoms with Crippen LogP contribution in [0.1, 0.15) is 30.7 Å². The second-order valence-corrected chi connectivity index (χ2v) is 7.25. The Hall–Kier alpha value is -2.89. The average Bonchev–Trinajstić information content (AvgIpc) is 3.60. The lowest BCUT2D eigenvalue weighted by Crippen LogP contribution is -2.28. The molecule has 1 atom stereocenters. The lowest BCUT2D eigenvalue weighted by atomic mass is 9.90. The van der Waals surface area contributed by atoms with Gasteiger partial charge in [0.25, 0.3) is 0 Å². The summed E-state index contributed by atoms with van der Waals surface area (Å²) in [5.41, 5.74) is 1.88. The third-order valence-electron chi connectivity index (χ3n) is 5.55. The molecule has 1 amide bonds. The topological polar surface area (TPSA) is 57.2 Å². The molecule has 156 valence electrons. The van der Waals surface area contributed by atoms with E-state index < -0.39 is 0 Å². The van der Waals surface area contributed by atoms with Crippen molar-refractivity contribution in [2.75, 3.05) is 40.4 Å². The summed E-state index contributed by atoms with van der Waals surface area (Å²) in [5.74, 6) is 3.36. The summed E-state index contributed by atoms with van der Waals surface area (Å²) in [6.45, 7) is 0. The molecule has 0 heterocycles. The monoisotopic (exact) mass is 399 g/mol. The van der Waals surface area contributed by atoms with E-state index in [1.165, 1.54) is 0 Å². The highest BCUT2D eigenvalue weighted by molar-refractivity contribution is 5.93. The Morgan fingerprint density at radius 2 is 1.45 bits per heavy atom. The third kappa shape index (κ3) is 4.58. The summed E-state index contributed by atoms with van der Waals surface area (Å²) < 4.78 is 21.4. The molecule has 0 aromatic heterocycles. The minimum atomic E-state index is 0.0592. The normalized spacial score (nSPS) is 14.1. The molecule has 0 bridgehead atoms. The van der Waals surface area contributed by atoms with E-state index in [1.54, 1.807) is 40.4 Å². The summed E-state index contributed by atoms with van der Waals surface area (Å²) in [6.07, 6.45) is 2.73. The maximum absolute atomic E-state index is 13.1. The van der Waals surface area contributed by atoms with Crippen LogP contribution in [0.2, 0.25) is 0 Å². The lowest BCUT2D eigenvalue weighted by Gasteiger charge is -2.23. The SMILES string of the molecule is COc1ccc(C(CC(=O)N(C)c2ccc(OC)c(OC)c2)C2CC2)cc1OC. The molecule has 1 saturated carbocycles. The quantitative estimate of drug-likeness (QED) is 0.630. The molecule has 0 spiro atoms. The van der Waals surface area contributed by atoms with Crippen LogP contribution < -0.4 is 23.8 Å². The molecule has 1 unspecified atom stereocenters. The van der Waals surface area contributed by atoms with Gasteiger partial charge < -0.3 is 23.8 Å². The zero-order valence-electron chi connectivity index (χ0n) is 17.7. The van der Waals surface area contributed by atoms with Crippen molar-refractivity contribution < 1.29 is 23.7 Å². The summed E-state index contributed by atoms with van der Waals surface area (Å²) in [7, 11) is 8.23. The highest BCUT2D eigenvalue weighted by Crippen LogP contribution is 2.46. The molecule has 2 aromatic carbocycles. The second-order valence-electron chi connectivity index (χ2n) is 7.25. The smallest absolute Gasteiger partial charge is 0.227 e. The van der Waals surface area contributed by atoms with E-state index >= 15 is 0 Å². The molecule has 2 aromatic rings. The molecule has 1 aliphatic carbocycles. The van der Waals surface area contributed by atoms with Gasteiger partial charge in [0, 0.05) is 25.2 Å². The first-order valence-corrected chi connectivity index (χ1v) is 9.72. The van der Waals surface area contributed by atoms with E-state index in [0.29, 0.717) is 35.3 Å². The Morgan fingerprint density at radius 3 is 2.00 bits per heavy atom. The van der Waals surface area contributed by atoms with Crippen LogP contribution in [0, 0.1) is 5.92 Å². The zero-order chi connectivity index (χ0) is 21.0. The largest absolute Gasteiger partial charge is 0.493 e. The van der Waals surface area contributed by atoms with Crippen LogP contribution in [-0.2, 0) is 4.79 Å². The Balaban J connectivity index is 1.80. The number of hydrogen-bond donors (Lipinski definition) is 0.